The number of aromatic nitrogens is 2. The number of hydrogen-bond acceptors (Lipinski definition) is 1. The fourth-order valence-electron chi connectivity index (χ4n) is 2.70. The second-order valence-corrected chi connectivity index (χ2v) is 5.90. The Balaban J connectivity index is 2.25. The number of benzene rings is 2. The summed E-state index contributed by atoms with van der Waals surface area (Å²) >= 11 is 0. The Bertz CT molecular complexity index is 841. The van der Waals surface area contributed by atoms with Gasteiger partial charge in [-0.1, -0.05) is 56.3 Å². The fraction of sp³-hybridized carbons (Fsp3) is 0.211. The van der Waals surface area contributed by atoms with Crippen molar-refractivity contribution in [3.8, 4) is 16.8 Å². The summed E-state index contributed by atoms with van der Waals surface area (Å²) in [5.41, 5.74) is 4.69. The van der Waals surface area contributed by atoms with E-state index >= 15 is 0 Å². The molecule has 0 atom stereocenters. The SMILES string of the molecule is Cc1cccc(-n2[nH]c(C(C)C)c(-c3ccccc3)c2=O)c1. The number of H-pyrrole nitrogens is 1. The standard InChI is InChI=1S/C19H20N2O/c1-13(2)18-17(15-9-5-4-6-10-15)19(22)21(20-18)16-11-7-8-14(3)12-16/h4-13,20H,1-3H3. The molecule has 1 N–H and O–H groups in total. The molecular weight excluding hydrogens is 272 g/mol. The van der Waals surface area contributed by atoms with E-state index in [4.69, 9.17) is 0 Å². The van der Waals surface area contributed by atoms with E-state index in [0.717, 1.165) is 28.1 Å². The van der Waals surface area contributed by atoms with Crippen molar-refractivity contribution in [1.29, 1.82) is 0 Å². The summed E-state index contributed by atoms with van der Waals surface area (Å²) in [7, 11) is 0. The number of aromatic amines is 1. The monoisotopic (exact) mass is 292 g/mol. The van der Waals surface area contributed by atoms with Gasteiger partial charge >= 0.3 is 0 Å². The quantitative estimate of drug-likeness (QED) is 0.769. The van der Waals surface area contributed by atoms with Crippen LogP contribution in [0.4, 0.5) is 0 Å². The molecule has 0 aliphatic rings. The van der Waals surface area contributed by atoms with Gasteiger partial charge in [-0.2, -0.15) is 0 Å². The Morgan fingerprint density at radius 3 is 2.36 bits per heavy atom. The third-order valence-electron chi connectivity index (χ3n) is 3.82. The molecular formula is C19H20N2O. The largest absolute Gasteiger partial charge is 0.294 e. The molecule has 0 bridgehead atoms. The van der Waals surface area contributed by atoms with Gasteiger partial charge in [0.2, 0.25) is 0 Å². The average molecular weight is 292 g/mol. The molecule has 1 aromatic heterocycles. The van der Waals surface area contributed by atoms with Crippen molar-refractivity contribution in [3.63, 3.8) is 0 Å². The van der Waals surface area contributed by atoms with Crippen LogP contribution < -0.4 is 5.56 Å². The number of hydrogen-bond donors (Lipinski definition) is 1. The summed E-state index contributed by atoms with van der Waals surface area (Å²) in [6, 6.07) is 17.8. The van der Waals surface area contributed by atoms with Crippen LogP contribution in [0.5, 0.6) is 0 Å². The minimum absolute atomic E-state index is 0.000463. The summed E-state index contributed by atoms with van der Waals surface area (Å²) in [6.45, 7) is 6.22. The van der Waals surface area contributed by atoms with Crippen molar-refractivity contribution in [2.45, 2.75) is 26.7 Å². The Morgan fingerprint density at radius 2 is 1.73 bits per heavy atom. The van der Waals surface area contributed by atoms with E-state index in [2.05, 4.69) is 18.9 Å². The minimum atomic E-state index is 0.000463. The molecule has 0 spiro atoms. The minimum Gasteiger partial charge on any atom is -0.294 e. The average Bonchev–Trinajstić information content (AvgIpc) is 2.86. The van der Waals surface area contributed by atoms with E-state index in [1.165, 1.54) is 0 Å². The van der Waals surface area contributed by atoms with E-state index in [9.17, 15) is 4.79 Å². The van der Waals surface area contributed by atoms with Crippen LogP contribution in [0.1, 0.15) is 31.0 Å². The van der Waals surface area contributed by atoms with Crippen molar-refractivity contribution >= 4 is 0 Å². The summed E-state index contributed by atoms with van der Waals surface area (Å²) < 4.78 is 1.64. The van der Waals surface area contributed by atoms with Gasteiger partial charge in [0.1, 0.15) is 0 Å². The van der Waals surface area contributed by atoms with Crippen LogP contribution in [0, 0.1) is 6.92 Å². The topological polar surface area (TPSA) is 37.8 Å². The molecule has 0 saturated carbocycles. The lowest BCUT2D eigenvalue weighted by molar-refractivity contribution is 0.760. The molecule has 0 aliphatic heterocycles. The molecule has 0 unspecified atom stereocenters. The van der Waals surface area contributed by atoms with E-state index < -0.39 is 0 Å². The Labute approximate surface area is 130 Å². The van der Waals surface area contributed by atoms with Gasteiger partial charge in [0.15, 0.2) is 0 Å². The predicted octanol–water partition coefficient (Wildman–Crippen LogP) is 4.26. The van der Waals surface area contributed by atoms with E-state index in [-0.39, 0.29) is 11.5 Å². The molecule has 1 heterocycles. The summed E-state index contributed by atoms with van der Waals surface area (Å²) in [5.74, 6) is 0.244. The first-order valence-corrected chi connectivity index (χ1v) is 7.55. The van der Waals surface area contributed by atoms with Gasteiger partial charge in [-0.05, 0) is 36.1 Å². The zero-order valence-electron chi connectivity index (χ0n) is 13.1. The van der Waals surface area contributed by atoms with Crippen molar-refractivity contribution in [1.82, 2.24) is 9.78 Å². The Kier molecular flexibility index (Phi) is 3.72. The zero-order valence-corrected chi connectivity index (χ0v) is 13.1. The predicted molar refractivity (Wildman–Crippen MR) is 90.7 cm³/mol. The Hall–Kier alpha value is -2.55. The highest BCUT2D eigenvalue weighted by Crippen LogP contribution is 2.25. The third kappa shape index (κ3) is 2.50. The first-order chi connectivity index (χ1) is 10.6. The highest BCUT2D eigenvalue weighted by atomic mass is 16.1. The highest BCUT2D eigenvalue weighted by Gasteiger charge is 2.18. The first kappa shape index (κ1) is 14.4. The van der Waals surface area contributed by atoms with Crippen molar-refractivity contribution in [2.24, 2.45) is 0 Å². The number of nitrogens with zero attached hydrogens (tertiary/aromatic N) is 1. The van der Waals surface area contributed by atoms with Crippen molar-refractivity contribution in [2.75, 3.05) is 0 Å². The lowest BCUT2D eigenvalue weighted by Gasteiger charge is -2.05. The first-order valence-electron chi connectivity index (χ1n) is 7.55. The van der Waals surface area contributed by atoms with Gasteiger partial charge in [0.05, 0.1) is 11.3 Å². The number of rotatable bonds is 3. The van der Waals surface area contributed by atoms with Gasteiger partial charge < -0.3 is 0 Å². The number of nitrogens with one attached hydrogen (secondary N) is 1. The maximum Gasteiger partial charge on any atom is 0.279 e. The van der Waals surface area contributed by atoms with Gasteiger partial charge in [0.25, 0.3) is 5.56 Å². The molecule has 2 aromatic carbocycles. The maximum absolute atomic E-state index is 12.9. The van der Waals surface area contributed by atoms with Crippen LogP contribution >= 0.6 is 0 Å². The molecule has 0 radical (unpaired) electrons. The smallest absolute Gasteiger partial charge is 0.279 e. The number of aryl methyl sites for hydroxylation is 1. The van der Waals surface area contributed by atoms with Gasteiger partial charge in [-0.15, -0.1) is 0 Å². The molecule has 3 nitrogen and oxygen atoms in total. The normalized spacial score (nSPS) is 11.1. The molecule has 0 saturated heterocycles. The van der Waals surface area contributed by atoms with E-state index in [0.29, 0.717) is 0 Å². The second kappa shape index (κ2) is 5.68. The summed E-state index contributed by atoms with van der Waals surface area (Å²) in [5, 5.41) is 3.30. The van der Waals surface area contributed by atoms with Gasteiger partial charge in [-0.3, -0.25) is 9.89 Å². The van der Waals surface area contributed by atoms with Crippen LogP contribution in [-0.2, 0) is 0 Å². The lowest BCUT2D eigenvalue weighted by Crippen LogP contribution is -2.15. The van der Waals surface area contributed by atoms with Gasteiger partial charge in [-0.25, -0.2) is 4.68 Å². The molecule has 0 amide bonds. The van der Waals surface area contributed by atoms with Crippen molar-refractivity contribution < 1.29 is 0 Å². The fourth-order valence-corrected chi connectivity index (χ4v) is 2.70. The molecule has 3 heteroatoms. The summed E-state index contributed by atoms with van der Waals surface area (Å²) in [4.78, 5) is 12.9. The van der Waals surface area contributed by atoms with Crippen LogP contribution in [0.3, 0.4) is 0 Å². The van der Waals surface area contributed by atoms with E-state index in [1.54, 1.807) is 4.68 Å². The molecule has 112 valence electrons. The lowest BCUT2D eigenvalue weighted by atomic mass is 10.00. The van der Waals surface area contributed by atoms with Crippen molar-refractivity contribution in [3.05, 3.63) is 76.2 Å². The third-order valence-corrected chi connectivity index (χ3v) is 3.82. The maximum atomic E-state index is 12.9. The molecule has 0 fully saturated rings. The molecule has 3 aromatic rings. The highest BCUT2D eigenvalue weighted by molar-refractivity contribution is 5.66. The molecule has 22 heavy (non-hydrogen) atoms. The molecule has 3 rings (SSSR count). The van der Waals surface area contributed by atoms with Crippen LogP contribution in [0.15, 0.2) is 59.4 Å². The molecule has 0 aliphatic carbocycles. The van der Waals surface area contributed by atoms with Crippen LogP contribution in [-0.4, -0.2) is 9.78 Å². The van der Waals surface area contributed by atoms with Crippen LogP contribution in [0.25, 0.3) is 16.8 Å². The second-order valence-electron chi connectivity index (χ2n) is 5.90. The van der Waals surface area contributed by atoms with Crippen LogP contribution in [0.2, 0.25) is 0 Å². The summed E-state index contributed by atoms with van der Waals surface area (Å²) in [6.07, 6.45) is 0. The zero-order chi connectivity index (χ0) is 15.7. The Morgan fingerprint density at radius 1 is 1.00 bits per heavy atom. The van der Waals surface area contributed by atoms with E-state index in [1.807, 2.05) is 61.5 Å². The van der Waals surface area contributed by atoms with Gasteiger partial charge in [0, 0.05) is 5.69 Å².